The number of ether oxygens (including phenoxy) is 2. The molecule has 1 aromatic carbocycles. The van der Waals surface area contributed by atoms with Crippen LogP contribution in [0.2, 0.25) is 0 Å². The van der Waals surface area contributed by atoms with Gasteiger partial charge in [0, 0.05) is 51.1 Å². The summed E-state index contributed by atoms with van der Waals surface area (Å²) in [6.07, 6.45) is 1.76. The molecule has 2 aromatic rings. The van der Waals surface area contributed by atoms with Gasteiger partial charge < -0.3 is 24.6 Å². The molecule has 1 amide bonds. The number of amides is 1. The molecule has 8 nitrogen and oxygen atoms in total. The van der Waals surface area contributed by atoms with E-state index >= 15 is 0 Å². The summed E-state index contributed by atoms with van der Waals surface area (Å²) >= 11 is 0. The lowest BCUT2D eigenvalue weighted by molar-refractivity contribution is 0.0783. The molecule has 8 heteroatoms. The van der Waals surface area contributed by atoms with Crippen molar-refractivity contribution in [3.05, 3.63) is 40.8 Å². The zero-order valence-electron chi connectivity index (χ0n) is 18.1. The third-order valence-electron chi connectivity index (χ3n) is 5.99. The number of nitrogens with zero attached hydrogens (tertiary/aromatic N) is 4. The van der Waals surface area contributed by atoms with E-state index in [9.17, 15) is 4.79 Å². The summed E-state index contributed by atoms with van der Waals surface area (Å²) in [6.45, 7) is 3.09. The van der Waals surface area contributed by atoms with E-state index in [-0.39, 0.29) is 11.8 Å². The Bertz CT molecular complexity index is 909. The molecule has 3 heterocycles. The van der Waals surface area contributed by atoms with Gasteiger partial charge in [0.1, 0.15) is 28.7 Å². The molecule has 1 saturated heterocycles. The Hall–Kier alpha value is -2.87. The first-order valence-electron chi connectivity index (χ1n) is 10.3. The van der Waals surface area contributed by atoms with Gasteiger partial charge in [-0.05, 0) is 25.6 Å². The molecule has 1 fully saturated rings. The average Bonchev–Trinajstić information content (AvgIpc) is 3.27. The fourth-order valence-corrected chi connectivity index (χ4v) is 4.33. The maximum atomic E-state index is 13.3. The van der Waals surface area contributed by atoms with Crippen LogP contribution in [0.15, 0.2) is 18.2 Å². The standard InChI is InChI=1S/C22H29N5O3/c1-23-21-15-13-26(2)10-9-16(15)24-20(25-21)14-8-11-27(12-14)22(28)19-17(29-3)6-5-7-18(19)30-4/h5-7,14H,8-13H2,1-4H3,(H,23,24,25)/t14-/m0/s1. The molecule has 160 valence electrons. The number of hydrogen-bond acceptors (Lipinski definition) is 7. The minimum absolute atomic E-state index is 0.0831. The molecule has 1 aromatic heterocycles. The molecule has 0 bridgehead atoms. The van der Waals surface area contributed by atoms with Gasteiger partial charge >= 0.3 is 0 Å². The zero-order valence-corrected chi connectivity index (χ0v) is 18.1. The summed E-state index contributed by atoms with van der Waals surface area (Å²) in [7, 11) is 7.15. The third-order valence-corrected chi connectivity index (χ3v) is 5.99. The predicted octanol–water partition coefficient (Wildman–Crippen LogP) is 2.15. The Labute approximate surface area is 177 Å². The Kier molecular flexibility index (Phi) is 5.76. The highest BCUT2D eigenvalue weighted by molar-refractivity contribution is 6.00. The lowest BCUT2D eigenvalue weighted by Crippen LogP contribution is -2.30. The number of carbonyl (C=O) groups is 1. The summed E-state index contributed by atoms with van der Waals surface area (Å²) in [5.41, 5.74) is 2.77. The Morgan fingerprint density at radius 2 is 1.90 bits per heavy atom. The van der Waals surface area contributed by atoms with E-state index in [1.165, 1.54) is 5.56 Å². The van der Waals surface area contributed by atoms with Crippen LogP contribution in [0.3, 0.4) is 0 Å². The molecule has 0 spiro atoms. The second kappa shape index (κ2) is 8.47. The van der Waals surface area contributed by atoms with Gasteiger partial charge in [-0.2, -0.15) is 0 Å². The van der Waals surface area contributed by atoms with Gasteiger partial charge in [-0.3, -0.25) is 4.79 Å². The summed E-state index contributed by atoms with van der Waals surface area (Å²) in [4.78, 5) is 27.1. The van der Waals surface area contributed by atoms with Crippen LogP contribution in [0, 0.1) is 0 Å². The van der Waals surface area contributed by atoms with Gasteiger partial charge in [-0.15, -0.1) is 0 Å². The van der Waals surface area contributed by atoms with E-state index in [2.05, 4.69) is 17.3 Å². The van der Waals surface area contributed by atoms with Crippen LogP contribution in [0.1, 0.15) is 39.8 Å². The quantitative estimate of drug-likeness (QED) is 0.808. The van der Waals surface area contributed by atoms with Crippen LogP contribution in [-0.2, 0) is 13.0 Å². The number of aromatic nitrogens is 2. The second-order valence-electron chi connectivity index (χ2n) is 7.87. The molecular formula is C22H29N5O3. The number of methoxy groups -OCH3 is 2. The van der Waals surface area contributed by atoms with E-state index in [1.807, 2.05) is 18.0 Å². The fraction of sp³-hybridized carbons (Fsp3) is 0.500. The Morgan fingerprint density at radius 1 is 1.17 bits per heavy atom. The van der Waals surface area contributed by atoms with Gasteiger partial charge in [-0.25, -0.2) is 9.97 Å². The van der Waals surface area contributed by atoms with Crippen molar-refractivity contribution in [2.75, 3.05) is 53.3 Å². The number of likely N-dealkylation sites (tertiary alicyclic amines) is 1. The van der Waals surface area contributed by atoms with Crippen molar-refractivity contribution in [1.29, 1.82) is 0 Å². The van der Waals surface area contributed by atoms with Gasteiger partial charge in [-0.1, -0.05) is 6.07 Å². The lowest BCUT2D eigenvalue weighted by Gasteiger charge is -2.26. The largest absolute Gasteiger partial charge is 0.496 e. The molecule has 0 aliphatic carbocycles. The van der Waals surface area contributed by atoms with Crippen LogP contribution in [0.25, 0.3) is 0 Å². The third kappa shape index (κ3) is 3.67. The highest BCUT2D eigenvalue weighted by Crippen LogP contribution is 2.34. The van der Waals surface area contributed by atoms with Crippen molar-refractivity contribution in [2.45, 2.75) is 25.3 Å². The summed E-state index contributed by atoms with van der Waals surface area (Å²) in [5, 5.41) is 3.24. The topological polar surface area (TPSA) is 79.8 Å². The van der Waals surface area contributed by atoms with Crippen LogP contribution in [0.4, 0.5) is 5.82 Å². The number of nitrogens with one attached hydrogen (secondary N) is 1. The number of fused-ring (bicyclic) bond motifs is 1. The SMILES string of the molecule is CNc1nc([C@H]2CCN(C(=O)c3c(OC)cccc3OC)C2)nc2c1CN(C)CC2. The molecular weight excluding hydrogens is 382 g/mol. The van der Waals surface area contributed by atoms with Crippen molar-refractivity contribution < 1.29 is 14.3 Å². The molecule has 0 radical (unpaired) electrons. The predicted molar refractivity (Wildman–Crippen MR) is 114 cm³/mol. The summed E-state index contributed by atoms with van der Waals surface area (Å²) < 4.78 is 10.8. The van der Waals surface area contributed by atoms with E-state index in [0.29, 0.717) is 30.2 Å². The first-order chi connectivity index (χ1) is 14.5. The van der Waals surface area contributed by atoms with Crippen molar-refractivity contribution in [2.24, 2.45) is 0 Å². The maximum Gasteiger partial charge on any atom is 0.261 e. The smallest absolute Gasteiger partial charge is 0.261 e. The Morgan fingerprint density at radius 3 is 2.57 bits per heavy atom. The van der Waals surface area contributed by atoms with Crippen LogP contribution in [0.5, 0.6) is 11.5 Å². The van der Waals surface area contributed by atoms with Crippen molar-refractivity contribution in [3.8, 4) is 11.5 Å². The van der Waals surface area contributed by atoms with Crippen LogP contribution >= 0.6 is 0 Å². The number of rotatable bonds is 5. The molecule has 2 aliphatic rings. The van der Waals surface area contributed by atoms with E-state index in [1.54, 1.807) is 26.4 Å². The van der Waals surface area contributed by atoms with Gasteiger partial charge in [0.05, 0.1) is 19.9 Å². The van der Waals surface area contributed by atoms with Crippen molar-refractivity contribution in [3.63, 3.8) is 0 Å². The first-order valence-corrected chi connectivity index (χ1v) is 10.3. The molecule has 1 atom stereocenters. The number of benzene rings is 1. The first kappa shape index (κ1) is 20.4. The average molecular weight is 412 g/mol. The number of likely N-dealkylation sites (N-methyl/N-ethyl adjacent to an activating group) is 1. The summed E-state index contributed by atoms with van der Waals surface area (Å²) in [6, 6.07) is 5.39. The van der Waals surface area contributed by atoms with Crippen LogP contribution in [-0.4, -0.2) is 73.6 Å². The summed E-state index contributed by atoms with van der Waals surface area (Å²) in [5.74, 6) is 2.80. The fourth-order valence-electron chi connectivity index (χ4n) is 4.33. The number of hydrogen-bond donors (Lipinski definition) is 1. The highest BCUT2D eigenvalue weighted by Gasteiger charge is 2.33. The molecule has 0 saturated carbocycles. The molecule has 2 aliphatic heterocycles. The molecule has 1 N–H and O–H groups in total. The van der Waals surface area contributed by atoms with E-state index < -0.39 is 0 Å². The number of carbonyl (C=O) groups excluding carboxylic acids is 1. The van der Waals surface area contributed by atoms with Crippen LogP contribution < -0.4 is 14.8 Å². The lowest BCUT2D eigenvalue weighted by atomic mass is 10.0. The van der Waals surface area contributed by atoms with E-state index in [4.69, 9.17) is 19.4 Å². The number of anilines is 1. The minimum atomic E-state index is -0.0831. The zero-order chi connectivity index (χ0) is 21.3. The van der Waals surface area contributed by atoms with Crippen molar-refractivity contribution >= 4 is 11.7 Å². The van der Waals surface area contributed by atoms with Gasteiger partial charge in [0.25, 0.3) is 5.91 Å². The van der Waals surface area contributed by atoms with Gasteiger partial charge in [0.15, 0.2) is 0 Å². The monoisotopic (exact) mass is 411 g/mol. The van der Waals surface area contributed by atoms with Crippen molar-refractivity contribution in [1.82, 2.24) is 19.8 Å². The Balaban J connectivity index is 1.58. The minimum Gasteiger partial charge on any atom is -0.496 e. The van der Waals surface area contributed by atoms with E-state index in [0.717, 1.165) is 43.3 Å². The molecule has 30 heavy (non-hydrogen) atoms. The van der Waals surface area contributed by atoms with Gasteiger partial charge in [0.2, 0.25) is 0 Å². The normalized spacial score (nSPS) is 18.8. The molecule has 0 unspecified atom stereocenters. The highest BCUT2D eigenvalue weighted by atomic mass is 16.5. The second-order valence-corrected chi connectivity index (χ2v) is 7.87. The maximum absolute atomic E-state index is 13.3. The molecule has 4 rings (SSSR count).